The molecule has 1 aromatic carbocycles. The van der Waals surface area contributed by atoms with Gasteiger partial charge in [0.25, 0.3) is 0 Å². The molecule has 0 radical (unpaired) electrons. The summed E-state index contributed by atoms with van der Waals surface area (Å²) in [6.45, 7) is 5.79. The SMILES string of the molecule is C=C(C)CC(O)c1ccc2c(c1)CCC2. The third-order valence-corrected chi connectivity index (χ3v) is 3.05. The second-order valence-corrected chi connectivity index (χ2v) is 4.56. The van der Waals surface area contributed by atoms with Crippen LogP contribution in [0.4, 0.5) is 0 Å². The van der Waals surface area contributed by atoms with E-state index in [2.05, 4.69) is 24.8 Å². The Labute approximate surface area is 91.4 Å². The Kier molecular flexibility index (Phi) is 2.92. The summed E-state index contributed by atoms with van der Waals surface area (Å²) in [5, 5.41) is 9.96. The van der Waals surface area contributed by atoms with Crippen LogP contribution in [0.3, 0.4) is 0 Å². The van der Waals surface area contributed by atoms with Gasteiger partial charge in [-0.05, 0) is 49.3 Å². The van der Waals surface area contributed by atoms with Gasteiger partial charge in [0.05, 0.1) is 6.10 Å². The van der Waals surface area contributed by atoms with Crippen LogP contribution in [-0.4, -0.2) is 5.11 Å². The number of rotatable bonds is 3. The van der Waals surface area contributed by atoms with Crippen LogP contribution in [-0.2, 0) is 12.8 Å². The van der Waals surface area contributed by atoms with E-state index >= 15 is 0 Å². The van der Waals surface area contributed by atoms with E-state index in [1.807, 2.05) is 6.92 Å². The van der Waals surface area contributed by atoms with Crippen LogP contribution in [0.2, 0.25) is 0 Å². The van der Waals surface area contributed by atoms with Crippen molar-refractivity contribution in [3.63, 3.8) is 0 Å². The van der Waals surface area contributed by atoms with E-state index in [1.165, 1.54) is 30.4 Å². The van der Waals surface area contributed by atoms with Gasteiger partial charge in [-0.25, -0.2) is 0 Å². The Morgan fingerprint density at radius 1 is 1.40 bits per heavy atom. The van der Waals surface area contributed by atoms with Crippen LogP contribution in [0.5, 0.6) is 0 Å². The normalized spacial score (nSPS) is 16.1. The number of hydrogen-bond acceptors (Lipinski definition) is 1. The first-order chi connectivity index (χ1) is 7.16. The first-order valence-corrected chi connectivity index (χ1v) is 5.61. The van der Waals surface area contributed by atoms with Crippen LogP contribution < -0.4 is 0 Å². The standard InChI is InChI=1S/C14H18O/c1-10(2)8-14(15)13-7-6-11-4-3-5-12(11)9-13/h6-7,9,14-15H,1,3-5,8H2,2H3. The van der Waals surface area contributed by atoms with Crippen LogP contribution >= 0.6 is 0 Å². The van der Waals surface area contributed by atoms with Gasteiger partial charge in [0.15, 0.2) is 0 Å². The fraction of sp³-hybridized carbons (Fsp3) is 0.429. The molecule has 1 heteroatoms. The first kappa shape index (κ1) is 10.4. The lowest BCUT2D eigenvalue weighted by Gasteiger charge is -2.12. The zero-order valence-electron chi connectivity index (χ0n) is 9.29. The van der Waals surface area contributed by atoms with Crippen molar-refractivity contribution < 1.29 is 5.11 Å². The summed E-state index contributed by atoms with van der Waals surface area (Å²) >= 11 is 0. The highest BCUT2D eigenvalue weighted by Crippen LogP contribution is 2.27. The highest BCUT2D eigenvalue weighted by molar-refractivity contribution is 5.36. The van der Waals surface area contributed by atoms with Crippen LogP contribution in [0, 0.1) is 0 Å². The molecule has 2 rings (SSSR count). The molecule has 0 aliphatic heterocycles. The summed E-state index contributed by atoms with van der Waals surface area (Å²) in [5.74, 6) is 0. The number of benzene rings is 1. The predicted molar refractivity (Wildman–Crippen MR) is 62.9 cm³/mol. The Hall–Kier alpha value is -1.08. The molecule has 0 aromatic heterocycles. The van der Waals surface area contributed by atoms with Crippen molar-refractivity contribution in [3.05, 3.63) is 47.0 Å². The number of aryl methyl sites for hydroxylation is 2. The molecule has 80 valence electrons. The Morgan fingerprint density at radius 2 is 2.13 bits per heavy atom. The zero-order valence-corrected chi connectivity index (χ0v) is 9.29. The van der Waals surface area contributed by atoms with Crippen molar-refractivity contribution in [1.82, 2.24) is 0 Å². The van der Waals surface area contributed by atoms with Crippen LogP contribution in [0.15, 0.2) is 30.4 Å². The summed E-state index contributed by atoms with van der Waals surface area (Å²) in [7, 11) is 0. The summed E-state index contributed by atoms with van der Waals surface area (Å²) in [5.41, 5.74) is 4.95. The molecule has 0 bridgehead atoms. The molecule has 0 saturated heterocycles. The Morgan fingerprint density at radius 3 is 2.87 bits per heavy atom. The highest BCUT2D eigenvalue weighted by Gasteiger charge is 2.14. The minimum atomic E-state index is -0.381. The largest absolute Gasteiger partial charge is 0.388 e. The number of fused-ring (bicyclic) bond motifs is 1. The third kappa shape index (κ3) is 2.29. The van der Waals surface area contributed by atoms with Crippen molar-refractivity contribution in [1.29, 1.82) is 0 Å². The summed E-state index contributed by atoms with van der Waals surface area (Å²) in [6.07, 6.45) is 3.91. The minimum Gasteiger partial charge on any atom is -0.388 e. The number of aliphatic hydroxyl groups is 1. The first-order valence-electron chi connectivity index (χ1n) is 5.61. The molecule has 1 aliphatic carbocycles. The number of aliphatic hydroxyl groups excluding tert-OH is 1. The lowest BCUT2D eigenvalue weighted by Crippen LogP contribution is -1.99. The van der Waals surface area contributed by atoms with Crippen LogP contribution in [0.25, 0.3) is 0 Å². The maximum absolute atomic E-state index is 9.96. The van der Waals surface area contributed by atoms with Gasteiger partial charge in [0, 0.05) is 0 Å². The molecule has 1 aliphatic rings. The molecule has 0 fully saturated rings. The van der Waals surface area contributed by atoms with E-state index in [9.17, 15) is 5.11 Å². The molecule has 15 heavy (non-hydrogen) atoms. The predicted octanol–water partition coefficient (Wildman–Crippen LogP) is 3.17. The Balaban J connectivity index is 2.19. The van der Waals surface area contributed by atoms with Gasteiger partial charge < -0.3 is 5.11 Å². The van der Waals surface area contributed by atoms with Crippen molar-refractivity contribution in [2.75, 3.05) is 0 Å². The van der Waals surface area contributed by atoms with Gasteiger partial charge in [-0.15, -0.1) is 6.58 Å². The van der Waals surface area contributed by atoms with Crippen molar-refractivity contribution in [3.8, 4) is 0 Å². The molecular weight excluding hydrogens is 184 g/mol. The molecule has 1 N–H and O–H groups in total. The second kappa shape index (κ2) is 4.19. The minimum absolute atomic E-state index is 0.381. The van der Waals surface area contributed by atoms with Crippen LogP contribution in [0.1, 0.15) is 42.6 Å². The van der Waals surface area contributed by atoms with Gasteiger partial charge in [-0.3, -0.25) is 0 Å². The fourth-order valence-electron chi connectivity index (χ4n) is 2.25. The lowest BCUT2D eigenvalue weighted by atomic mass is 9.99. The fourth-order valence-corrected chi connectivity index (χ4v) is 2.25. The van der Waals surface area contributed by atoms with Crippen molar-refractivity contribution in [2.24, 2.45) is 0 Å². The molecule has 1 nitrogen and oxygen atoms in total. The zero-order chi connectivity index (χ0) is 10.8. The van der Waals surface area contributed by atoms with Crippen molar-refractivity contribution >= 4 is 0 Å². The van der Waals surface area contributed by atoms with Gasteiger partial charge in [0.2, 0.25) is 0 Å². The van der Waals surface area contributed by atoms with Gasteiger partial charge >= 0.3 is 0 Å². The molecule has 0 saturated carbocycles. The average Bonchev–Trinajstić information content (AvgIpc) is 2.62. The highest BCUT2D eigenvalue weighted by atomic mass is 16.3. The Bertz CT molecular complexity index is 379. The van der Waals surface area contributed by atoms with E-state index in [4.69, 9.17) is 0 Å². The van der Waals surface area contributed by atoms with E-state index in [-0.39, 0.29) is 6.10 Å². The van der Waals surface area contributed by atoms with E-state index in [0.717, 1.165) is 11.1 Å². The second-order valence-electron chi connectivity index (χ2n) is 4.56. The van der Waals surface area contributed by atoms with Gasteiger partial charge in [0.1, 0.15) is 0 Å². The molecule has 0 amide bonds. The molecular formula is C14H18O. The molecule has 0 spiro atoms. The topological polar surface area (TPSA) is 20.2 Å². The maximum atomic E-state index is 9.96. The quantitative estimate of drug-likeness (QED) is 0.746. The lowest BCUT2D eigenvalue weighted by molar-refractivity contribution is 0.178. The molecule has 1 aromatic rings. The van der Waals surface area contributed by atoms with E-state index in [0.29, 0.717) is 6.42 Å². The summed E-state index contributed by atoms with van der Waals surface area (Å²) < 4.78 is 0. The molecule has 1 unspecified atom stereocenters. The van der Waals surface area contributed by atoms with Gasteiger partial charge in [-0.1, -0.05) is 23.8 Å². The van der Waals surface area contributed by atoms with Crippen molar-refractivity contribution in [2.45, 2.75) is 38.7 Å². The molecule has 1 atom stereocenters. The molecule has 0 heterocycles. The smallest absolute Gasteiger partial charge is 0.0827 e. The monoisotopic (exact) mass is 202 g/mol. The summed E-state index contributed by atoms with van der Waals surface area (Å²) in [6, 6.07) is 6.38. The van der Waals surface area contributed by atoms with Gasteiger partial charge in [-0.2, -0.15) is 0 Å². The maximum Gasteiger partial charge on any atom is 0.0827 e. The average molecular weight is 202 g/mol. The number of hydrogen-bond donors (Lipinski definition) is 1. The van der Waals surface area contributed by atoms with E-state index < -0.39 is 0 Å². The van der Waals surface area contributed by atoms with E-state index in [1.54, 1.807) is 0 Å². The summed E-state index contributed by atoms with van der Waals surface area (Å²) in [4.78, 5) is 0. The third-order valence-electron chi connectivity index (χ3n) is 3.05.